The number of rotatable bonds is 0. The van der Waals surface area contributed by atoms with Gasteiger partial charge in [-0.05, 0) is 12.8 Å². The average molecular weight is 191 g/mol. The predicted octanol–water partition coefficient (Wildman–Crippen LogP) is 1.81. The summed E-state index contributed by atoms with van der Waals surface area (Å²) in [5.74, 6) is 2.35. The van der Waals surface area contributed by atoms with Crippen LogP contribution in [-0.2, 0) is 4.74 Å². The summed E-state index contributed by atoms with van der Waals surface area (Å²) < 4.78 is 4.94. The van der Waals surface area contributed by atoms with Gasteiger partial charge in [0.25, 0.3) is 0 Å². The summed E-state index contributed by atoms with van der Waals surface area (Å²) in [7, 11) is 0. The summed E-state index contributed by atoms with van der Waals surface area (Å²) in [6.45, 7) is 2.00. The highest BCUT2D eigenvalue weighted by Crippen LogP contribution is 1.98. The normalized spacial score (nSPS) is 15.6. The van der Waals surface area contributed by atoms with Gasteiger partial charge in [-0.2, -0.15) is 0 Å². The number of halogens is 1. The first kappa shape index (κ1) is 9.00. The molecule has 1 saturated heterocycles. The molecule has 1 nitrogen and oxygen atoms in total. The van der Waals surface area contributed by atoms with E-state index in [1.807, 2.05) is 0 Å². The molecule has 0 aromatic rings. The van der Waals surface area contributed by atoms with E-state index >= 15 is 0 Å². The van der Waals surface area contributed by atoms with Crippen LogP contribution in [-0.4, -0.2) is 18.5 Å². The van der Waals surface area contributed by atoms with Crippen LogP contribution in [0.15, 0.2) is 0 Å². The first-order valence-corrected chi connectivity index (χ1v) is 4.11. The van der Waals surface area contributed by atoms with Crippen LogP contribution >= 0.6 is 15.9 Å². The van der Waals surface area contributed by atoms with Gasteiger partial charge in [0, 0.05) is 13.2 Å². The Hall–Kier alpha value is -0.0000000000000000208. The van der Waals surface area contributed by atoms with Gasteiger partial charge in [-0.25, -0.2) is 0 Å². The highest BCUT2D eigenvalue weighted by Gasteiger charge is 1.94. The van der Waals surface area contributed by atoms with Crippen molar-refractivity contribution in [2.24, 2.45) is 0 Å². The van der Waals surface area contributed by atoms with Crippen molar-refractivity contribution in [3.05, 3.63) is 0 Å². The molecule has 0 spiro atoms. The van der Waals surface area contributed by atoms with Crippen molar-refractivity contribution in [1.29, 1.82) is 0 Å². The summed E-state index contributed by atoms with van der Waals surface area (Å²) in [4.78, 5) is 0. The molecule has 0 amide bonds. The van der Waals surface area contributed by atoms with Crippen LogP contribution in [0.5, 0.6) is 0 Å². The minimum absolute atomic E-state index is 0.660. The SMILES string of the molecule is C#CCBr.C1CCOC1. The van der Waals surface area contributed by atoms with E-state index in [1.54, 1.807) is 0 Å². The van der Waals surface area contributed by atoms with Crippen molar-refractivity contribution < 1.29 is 4.74 Å². The third-order valence-corrected chi connectivity index (χ3v) is 1.23. The molecule has 9 heavy (non-hydrogen) atoms. The Kier molecular flexibility index (Phi) is 8.00. The van der Waals surface area contributed by atoms with Gasteiger partial charge in [-0.3, -0.25) is 0 Å². The van der Waals surface area contributed by atoms with Gasteiger partial charge in [0.2, 0.25) is 0 Å². The summed E-state index contributed by atoms with van der Waals surface area (Å²) >= 11 is 3.01. The minimum atomic E-state index is 0.660. The number of hydrogen-bond acceptors (Lipinski definition) is 1. The fourth-order valence-corrected chi connectivity index (χ4v) is 0.510. The van der Waals surface area contributed by atoms with Crippen molar-refractivity contribution in [2.45, 2.75) is 12.8 Å². The average Bonchev–Trinajstić information content (AvgIpc) is 2.43. The number of terminal acetylenes is 1. The van der Waals surface area contributed by atoms with Gasteiger partial charge in [0.15, 0.2) is 0 Å². The second-order valence-corrected chi connectivity index (χ2v) is 2.22. The molecule has 0 radical (unpaired) electrons. The monoisotopic (exact) mass is 190 g/mol. The zero-order valence-corrected chi connectivity index (χ0v) is 6.99. The van der Waals surface area contributed by atoms with Crippen LogP contribution < -0.4 is 0 Å². The summed E-state index contributed by atoms with van der Waals surface area (Å²) in [6.07, 6.45) is 7.29. The lowest BCUT2D eigenvalue weighted by Gasteiger charge is -1.76. The molecule has 0 aliphatic carbocycles. The molecule has 0 aromatic carbocycles. The predicted molar refractivity (Wildman–Crippen MR) is 42.7 cm³/mol. The molecule has 1 fully saturated rings. The van der Waals surface area contributed by atoms with E-state index in [-0.39, 0.29) is 0 Å². The molecule has 0 saturated carbocycles. The van der Waals surface area contributed by atoms with Crippen molar-refractivity contribution >= 4 is 15.9 Å². The molecular formula is C7H11BrO. The van der Waals surface area contributed by atoms with Crippen LogP contribution in [0.25, 0.3) is 0 Å². The Morgan fingerprint density at radius 1 is 1.44 bits per heavy atom. The van der Waals surface area contributed by atoms with Gasteiger partial charge >= 0.3 is 0 Å². The Morgan fingerprint density at radius 2 is 1.89 bits per heavy atom. The van der Waals surface area contributed by atoms with Gasteiger partial charge < -0.3 is 4.74 Å². The van der Waals surface area contributed by atoms with E-state index in [1.165, 1.54) is 12.8 Å². The molecule has 0 atom stereocenters. The third-order valence-electron chi connectivity index (χ3n) is 0.905. The van der Waals surface area contributed by atoms with E-state index < -0.39 is 0 Å². The minimum Gasteiger partial charge on any atom is -0.381 e. The zero-order chi connectivity index (χ0) is 6.95. The van der Waals surface area contributed by atoms with Gasteiger partial charge in [0.05, 0.1) is 5.33 Å². The third kappa shape index (κ3) is 8.00. The first-order chi connectivity index (χ1) is 4.41. The van der Waals surface area contributed by atoms with Crippen LogP contribution in [0.2, 0.25) is 0 Å². The van der Waals surface area contributed by atoms with Crippen molar-refractivity contribution in [1.82, 2.24) is 0 Å². The van der Waals surface area contributed by atoms with E-state index in [9.17, 15) is 0 Å². The lowest BCUT2D eigenvalue weighted by Crippen LogP contribution is -1.74. The number of hydrogen-bond donors (Lipinski definition) is 0. The quantitative estimate of drug-likeness (QED) is 0.419. The molecule has 1 aliphatic rings. The van der Waals surface area contributed by atoms with Crippen LogP contribution in [0, 0.1) is 12.3 Å². The summed E-state index contributed by atoms with van der Waals surface area (Å²) in [6, 6.07) is 0. The molecule has 1 rings (SSSR count). The highest BCUT2D eigenvalue weighted by molar-refractivity contribution is 9.09. The topological polar surface area (TPSA) is 9.23 Å². The second-order valence-electron chi connectivity index (χ2n) is 1.66. The Morgan fingerprint density at radius 3 is 2.00 bits per heavy atom. The molecule has 1 aliphatic heterocycles. The fraction of sp³-hybridized carbons (Fsp3) is 0.714. The van der Waals surface area contributed by atoms with Crippen LogP contribution in [0.1, 0.15) is 12.8 Å². The first-order valence-electron chi connectivity index (χ1n) is 2.99. The Labute approximate surface area is 64.9 Å². The molecule has 1 heterocycles. The number of ether oxygens (including phenoxy) is 1. The van der Waals surface area contributed by atoms with E-state index in [4.69, 9.17) is 11.2 Å². The Balaban J connectivity index is 0.000000148. The standard InChI is InChI=1S/C4H8O.C3H3Br/c1-2-4-5-3-1;1-2-3-4/h1-4H2;1H,3H2. The molecule has 0 unspecified atom stereocenters. The van der Waals surface area contributed by atoms with E-state index in [0.717, 1.165) is 13.2 Å². The van der Waals surface area contributed by atoms with Crippen molar-refractivity contribution in [2.75, 3.05) is 18.5 Å². The molecule has 52 valence electrons. The maximum atomic E-state index is 4.94. The molecule has 2 heteroatoms. The second kappa shape index (κ2) is 8.00. The maximum absolute atomic E-state index is 4.94. The summed E-state index contributed by atoms with van der Waals surface area (Å²) in [5.41, 5.74) is 0. The Bertz CT molecular complexity index is 73.8. The molecule has 0 aromatic heterocycles. The van der Waals surface area contributed by atoms with Gasteiger partial charge in [-0.1, -0.05) is 21.9 Å². The van der Waals surface area contributed by atoms with Crippen molar-refractivity contribution in [3.8, 4) is 12.3 Å². The van der Waals surface area contributed by atoms with Crippen LogP contribution in [0.4, 0.5) is 0 Å². The van der Waals surface area contributed by atoms with E-state index in [0.29, 0.717) is 5.33 Å². The zero-order valence-electron chi connectivity index (χ0n) is 5.40. The van der Waals surface area contributed by atoms with Gasteiger partial charge in [0.1, 0.15) is 0 Å². The molecule has 0 N–H and O–H groups in total. The van der Waals surface area contributed by atoms with Crippen molar-refractivity contribution in [3.63, 3.8) is 0 Å². The van der Waals surface area contributed by atoms with Gasteiger partial charge in [-0.15, -0.1) is 6.42 Å². The van der Waals surface area contributed by atoms with E-state index in [2.05, 4.69) is 21.9 Å². The molecule has 0 bridgehead atoms. The highest BCUT2D eigenvalue weighted by atomic mass is 79.9. The molecular weight excluding hydrogens is 180 g/mol. The smallest absolute Gasteiger partial charge is 0.0642 e. The number of alkyl halides is 1. The maximum Gasteiger partial charge on any atom is 0.0642 e. The lowest BCUT2D eigenvalue weighted by molar-refractivity contribution is 0.198. The largest absolute Gasteiger partial charge is 0.381 e. The van der Waals surface area contributed by atoms with Crippen LogP contribution in [0.3, 0.4) is 0 Å². The lowest BCUT2D eigenvalue weighted by atomic mass is 10.4. The fourth-order valence-electron chi connectivity index (χ4n) is 0.510. The summed E-state index contributed by atoms with van der Waals surface area (Å²) in [5, 5.41) is 0.660.